The summed E-state index contributed by atoms with van der Waals surface area (Å²) in [7, 11) is 0. The predicted molar refractivity (Wildman–Crippen MR) is 17.8 cm³/mol. The fourth-order valence-electron chi connectivity index (χ4n) is 0. The number of hydrogen-bond acceptors (Lipinski definition) is 4. The van der Waals surface area contributed by atoms with Crippen molar-refractivity contribution < 1.29 is 267 Å². The normalized spacial score (nSPS) is 2.46. The molecule has 0 amide bonds. The van der Waals surface area contributed by atoms with Crippen LogP contribution in [0.15, 0.2) is 0 Å². The molecule has 0 radical (unpaired) electrons. The molecule has 0 spiro atoms. The van der Waals surface area contributed by atoms with Crippen molar-refractivity contribution in [3.8, 4) is 0 Å². The van der Waals surface area contributed by atoms with Gasteiger partial charge in [0.15, 0.2) is 0 Å². The van der Waals surface area contributed by atoms with Crippen LogP contribution in [0.4, 0.5) is 4.79 Å². The molecule has 0 saturated carbocycles. The third kappa shape index (κ3) is 118. The van der Waals surface area contributed by atoms with Crippen LogP contribution in [0.25, 0.3) is 5.41 Å². The summed E-state index contributed by atoms with van der Waals surface area (Å²) in [5.41, 5.74) is 0. The maximum atomic E-state index is 8.33. The van der Waals surface area contributed by atoms with E-state index in [1.807, 2.05) is 0 Å². The molecule has 0 heterocycles. The Labute approximate surface area is 275 Å². The zero-order valence-electron chi connectivity index (χ0n) is 12.1. The number of rotatable bonds is 0. The van der Waals surface area contributed by atoms with Gasteiger partial charge in [-0.1, -0.05) is 0 Å². The van der Waals surface area contributed by atoms with E-state index in [1.165, 1.54) is 0 Å². The molecule has 0 rings (SSSR count). The van der Waals surface area contributed by atoms with Crippen LogP contribution < -0.4 is 253 Å². The molecule has 0 saturated heterocycles. The summed E-state index contributed by atoms with van der Waals surface area (Å²) >= 11 is 0. The molecule has 0 aromatic heterocycles. The van der Waals surface area contributed by atoms with Gasteiger partial charge in [-0.25, -0.2) is 0 Å². The molecule has 0 aromatic carbocycles. The zero-order chi connectivity index (χ0) is 6.28. The van der Waals surface area contributed by atoms with Crippen molar-refractivity contribution in [2.75, 3.05) is 0 Å². The van der Waals surface area contributed by atoms with E-state index in [-0.39, 0.29) is 247 Å². The fraction of sp³-hybridized carbons (Fsp3) is 0. The minimum Gasteiger partial charge on any atom is -1.00 e. The Morgan fingerprint density at radius 1 is 1.08 bits per heavy atom. The van der Waals surface area contributed by atoms with Gasteiger partial charge in [0.1, 0.15) is 0 Å². The molecule has 11 heteroatoms. The van der Waals surface area contributed by atoms with Gasteiger partial charge in [0.2, 0.25) is 0 Å². The van der Waals surface area contributed by atoms with Crippen molar-refractivity contribution in [3.63, 3.8) is 0 Å². The smallest absolute Gasteiger partial charge is 1.00 e. The molecule has 0 fully saturated rings. The van der Waals surface area contributed by atoms with E-state index in [4.69, 9.17) is 25.2 Å². The molecule has 5 nitrogen and oxygen atoms in total. The van der Waals surface area contributed by atoms with Crippen molar-refractivity contribution in [3.05, 3.63) is 5.41 Å². The van der Waals surface area contributed by atoms with Crippen molar-refractivity contribution in [2.45, 2.75) is 0 Å². The summed E-state index contributed by atoms with van der Waals surface area (Å²) in [6, 6.07) is 0. The Kier molecular flexibility index (Phi) is 199. The van der Waals surface area contributed by atoms with Crippen molar-refractivity contribution in [1.82, 2.24) is 0 Å². The number of carbonyl (C=O) groups excluding carboxylic acids is 2. The van der Waals surface area contributed by atoms with Gasteiger partial charge in [0, 0.05) is 0 Å². The Bertz CT molecular complexity index is 108. The quantitative estimate of drug-likeness (QED) is 0.251. The number of carboxylic acid groups (broad SMARTS) is 2. The minimum atomic E-state index is -2.33. The molecule has 0 bridgehead atoms. The van der Waals surface area contributed by atoms with E-state index >= 15 is 0 Å². The summed E-state index contributed by atoms with van der Waals surface area (Å²) in [6.45, 7) is 0. The van der Waals surface area contributed by atoms with Crippen LogP contribution >= 0.6 is 0 Å². The van der Waals surface area contributed by atoms with Gasteiger partial charge in [-0.2, -0.15) is 0 Å². The zero-order valence-corrected chi connectivity index (χ0v) is 24.4. The van der Waals surface area contributed by atoms with Crippen LogP contribution in [-0.2, 0) is 4.79 Å². The van der Waals surface area contributed by atoms with Gasteiger partial charge in [0.25, 0.3) is 0 Å². The maximum Gasteiger partial charge on any atom is 1.00 e. The van der Waals surface area contributed by atoms with E-state index in [1.54, 1.807) is 0 Å². The average Bonchev–Trinajstić information content (AvgIpc) is 1.33. The molecule has 0 aliphatic heterocycles. The van der Waals surface area contributed by atoms with Gasteiger partial charge in [-0.3, -0.25) is 4.79 Å². The largest absolute Gasteiger partial charge is 1.00 e. The summed E-state index contributed by atoms with van der Waals surface area (Å²) in [5.74, 6) is 0. The third-order valence-electron chi connectivity index (χ3n) is 0. The van der Waals surface area contributed by atoms with E-state index < -0.39 is 6.16 Å². The topological polar surface area (TPSA) is 103 Å². The first-order valence-corrected chi connectivity index (χ1v) is 1.04. The van der Waals surface area contributed by atoms with Gasteiger partial charge in [0.05, 0.1) is 0 Å². The third-order valence-corrected chi connectivity index (χ3v) is 0. The fourth-order valence-corrected chi connectivity index (χ4v) is 0. The van der Waals surface area contributed by atoms with Gasteiger partial charge in [-0.05, 0) is 12.2 Å². The average molecular weight is 291 g/mol. The first-order valence-electron chi connectivity index (χ1n) is 1.04. The first kappa shape index (κ1) is 50.4. The maximum absolute atomic E-state index is 8.33. The molecular formula is C2H3K3NNa3O4. The van der Waals surface area contributed by atoms with Gasteiger partial charge in [-0.15, -0.1) is 0 Å². The molecular weight excluding hydrogens is 288 g/mol. The standard InChI is InChI=1S/CNO.CH2O3.3K.3Na.3H/c2-1-3;2-1(3)4;;;;;;;;;/h;(H2,2,3,4);;;;;;;;;/q-1;;6*+1;3*-1/p-2. The van der Waals surface area contributed by atoms with E-state index in [0.29, 0.717) is 6.08 Å². The van der Waals surface area contributed by atoms with Crippen LogP contribution in [0.3, 0.4) is 0 Å². The van der Waals surface area contributed by atoms with E-state index in [9.17, 15) is 0 Å². The summed E-state index contributed by atoms with van der Waals surface area (Å²) in [6.07, 6.45) is -1.83. The molecule has 0 N–H and O–H groups in total. The first-order chi connectivity index (χ1) is 3.15. The van der Waals surface area contributed by atoms with Crippen molar-refractivity contribution >= 4 is 12.2 Å². The van der Waals surface area contributed by atoms with Crippen molar-refractivity contribution in [1.29, 1.82) is 0 Å². The minimum absolute atomic E-state index is 0. The number of isocyanates is 1. The van der Waals surface area contributed by atoms with E-state index in [0.717, 1.165) is 0 Å². The molecule has 0 aromatic rings. The Morgan fingerprint density at radius 2 is 1.08 bits per heavy atom. The van der Waals surface area contributed by atoms with Gasteiger partial charge >= 0.3 is 243 Å². The van der Waals surface area contributed by atoms with E-state index in [2.05, 4.69) is 0 Å². The SMILES string of the molecule is O=C([O-])[O-].[H-].[H-].[H-].[K+].[K+].[K+].[N-]=C=O.[Na+].[Na+].[Na+]. The van der Waals surface area contributed by atoms with Crippen LogP contribution in [0, 0.1) is 0 Å². The molecule has 13 heavy (non-hydrogen) atoms. The number of hydrogen-bond donors (Lipinski definition) is 0. The van der Waals surface area contributed by atoms with Crippen LogP contribution in [0.5, 0.6) is 0 Å². The molecule has 0 aliphatic carbocycles. The van der Waals surface area contributed by atoms with Crippen LogP contribution in [0.1, 0.15) is 4.28 Å². The summed E-state index contributed by atoms with van der Waals surface area (Å²) in [5, 5.41) is 23.4. The molecule has 0 atom stereocenters. The Balaban J connectivity index is -0.00000000224. The Hall–Kier alpha value is 6.56. The number of nitrogens with zero attached hydrogens (tertiary/aromatic N) is 1. The molecule has 0 unspecified atom stereocenters. The second kappa shape index (κ2) is 51.3. The van der Waals surface area contributed by atoms with Crippen LogP contribution in [0.2, 0.25) is 0 Å². The molecule has 0 aliphatic rings. The predicted octanol–water partition coefficient (Wildman–Crippen LogP) is -20.2. The second-order valence-corrected chi connectivity index (χ2v) is 0.341. The summed E-state index contributed by atoms with van der Waals surface area (Å²) < 4.78 is 0. The molecule has 46 valence electrons. The van der Waals surface area contributed by atoms with Crippen LogP contribution in [-0.4, -0.2) is 12.2 Å². The second-order valence-electron chi connectivity index (χ2n) is 0.341. The Morgan fingerprint density at radius 3 is 1.08 bits per heavy atom. The summed E-state index contributed by atoms with van der Waals surface area (Å²) in [4.78, 5) is 16.6. The monoisotopic (exact) mass is 291 g/mol. The van der Waals surface area contributed by atoms with Crippen molar-refractivity contribution in [2.24, 2.45) is 0 Å². The van der Waals surface area contributed by atoms with Gasteiger partial charge < -0.3 is 24.7 Å². The number of carbonyl (C=O) groups is 1.